The van der Waals surface area contributed by atoms with Crippen LogP contribution in [0.4, 0.5) is 4.79 Å². The summed E-state index contributed by atoms with van der Waals surface area (Å²) in [4.78, 5) is 25.8. The minimum absolute atomic E-state index is 0.100. The van der Waals surface area contributed by atoms with E-state index in [2.05, 4.69) is 5.32 Å². The lowest BCUT2D eigenvalue weighted by atomic mass is 9.98. The van der Waals surface area contributed by atoms with Crippen LogP contribution < -0.4 is 20.5 Å². The van der Waals surface area contributed by atoms with Crippen LogP contribution in [0.5, 0.6) is 11.5 Å². The number of carbonyl (C=O) groups is 2. The highest BCUT2D eigenvalue weighted by Crippen LogP contribution is 2.31. The first-order chi connectivity index (χ1) is 13.4. The van der Waals surface area contributed by atoms with Crippen LogP contribution in [0.3, 0.4) is 0 Å². The second kappa shape index (κ2) is 8.65. The normalized spacial score (nSPS) is 13.5. The van der Waals surface area contributed by atoms with Crippen molar-refractivity contribution in [2.75, 3.05) is 20.3 Å². The molecule has 28 heavy (non-hydrogen) atoms. The van der Waals surface area contributed by atoms with E-state index in [1.807, 2.05) is 49.4 Å². The van der Waals surface area contributed by atoms with Crippen molar-refractivity contribution in [2.24, 2.45) is 5.73 Å². The molecular formula is C21H25N3O4. The molecule has 0 radical (unpaired) electrons. The summed E-state index contributed by atoms with van der Waals surface area (Å²) in [5.41, 5.74) is 8.13. The highest BCUT2D eigenvalue weighted by Gasteiger charge is 2.21. The molecular weight excluding hydrogens is 358 g/mol. The van der Waals surface area contributed by atoms with Gasteiger partial charge in [-0.1, -0.05) is 30.3 Å². The Kier molecular flexibility index (Phi) is 6.03. The van der Waals surface area contributed by atoms with Crippen LogP contribution in [0.1, 0.15) is 29.2 Å². The number of amides is 3. The molecule has 1 aliphatic heterocycles. The summed E-state index contributed by atoms with van der Waals surface area (Å²) in [5, 5.41) is 2.68. The molecule has 2 aromatic carbocycles. The Morgan fingerprint density at radius 2 is 1.86 bits per heavy atom. The Hall–Kier alpha value is -3.22. The van der Waals surface area contributed by atoms with Gasteiger partial charge >= 0.3 is 6.03 Å². The summed E-state index contributed by atoms with van der Waals surface area (Å²) in [6.07, 6.45) is 0.120. The minimum Gasteiger partial charge on any atom is -0.486 e. The van der Waals surface area contributed by atoms with Crippen molar-refractivity contribution >= 4 is 11.9 Å². The SMILES string of the molecule is Cc1ccccc1[C@@H](CC(=O)N(C)Cc1ccc2c(c1)OCCO2)NC(N)=O. The van der Waals surface area contributed by atoms with Gasteiger partial charge in [0.1, 0.15) is 13.2 Å². The Morgan fingerprint density at radius 3 is 2.57 bits per heavy atom. The summed E-state index contributed by atoms with van der Waals surface area (Å²) in [7, 11) is 1.73. The number of nitrogens with zero attached hydrogens (tertiary/aromatic N) is 1. The van der Waals surface area contributed by atoms with Crippen LogP contribution in [0.25, 0.3) is 0 Å². The predicted molar refractivity (Wildman–Crippen MR) is 105 cm³/mol. The second-order valence-electron chi connectivity index (χ2n) is 6.85. The molecule has 7 nitrogen and oxygen atoms in total. The third-order valence-electron chi connectivity index (χ3n) is 4.71. The van der Waals surface area contributed by atoms with Gasteiger partial charge in [-0.15, -0.1) is 0 Å². The van der Waals surface area contributed by atoms with E-state index in [1.165, 1.54) is 0 Å². The Morgan fingerprint density at radius 1 is 1.14 bits per heavy atom. The molecule has 0 saturated carbocycles. The number of aryl methyl sites for hydroxylation is 1. The first-order valence-corrected chi connectivity index (χ1v) is 9.18. The largest absolute Gasteiger partial charge is 0.486 e. The average Bonchev–Trinajstić information content (AvgIpc) is 2.67. The van der Waals surface area contributed by atoms with Gasteiger partial charge in [-0.25, -0.2) is 4.79 Å². The van der Waals surface area contributed by atoms with E-state index < -0.39 is 12.1 Å². The van der Waals surface area contributed by atoms with Crippen LogP contribution in [-0.2, 0) is 11.3 Å². The van der Waals surface area contributed by atoms with Crippen LogP contribution in [0.15, 0.2) is 42.5 Å². The van der Waals surface area contributed by atoms with Gasteiger partial charge in [-0.2, -0.15) is 0 Å². The molecule has 3 N–H and O–H groups in total. The van der Waals surface area contributed by atoms with Gasteiger partial charge in [0.15, 0.2) is 11.5 Å². The molecule has 0 fully saturated rings. The molecule has 0 bridgehead atoms. The molecule has 148 valence electrons. The predicted octanol–water partition coefficient (Wildman–Crippen LogP) is 2.52. The molecule has 0 saturated heterocycles. The number of urea groups is 1. The van der Waals surface area contributed by atoms with Crippen LogP contribution in [0.2, 0.25) is 0 Å². The van der Waals surface area contributed by atoms with Crippen molar-refractivity contribution in [2.45, 2.75) is 25.9 Å². The zero-order valence-electron chi connectivity index (χ0n) is 16.1. The van der Waals surface area contributed by atoms with E-state index in [4.69, 9.17) is 15.2 Å². The van der Waals surface area contributed by atoms with E-state index in [9.17, 15) is 9.59 Å². The standard InChI is InChI=1S/C21H25N3O4/c1-14-5-3-4-6-16(14)17(23-21(22)26)12-20(25)24(2)13-15-7-8-18-19(11-15)28-10-9-27-18/h3-8,11,17H,9-10,12-13H2,1-2H3,(H3,22,23,26)/t17-/m1/s1. The van der Waals surface area contributed by atoms with Gasteiger partial charge in [0, 0.05) is 13.6 Å². The summed E-state index contributed by atoms with van der Waals surface area (Å²) < 4.78 is 11.1. The maximum atomic E-state index is 12.8. The molecule has 0 unspecified atom stereocenters. The maximum absolute atomic E-state index is 12.8. The fourth-order valence-corrected chi connectivity index (χ4v) is 3.27. The molecule has 0 aliphatic carbocycles. The summed E-state index contributed by atoms with van der Waals surface area (Å²) in [5.74, 6) is 1.31. The van der Waals surface area contributed by atoms with Gasteiger partial charge in [0.2, 0.25) is 5.91 Å². The number of rotatable bonds is 6. The van der Waals surface area contributed by atoms with Crippen molar-refractivity contribution in [1.82, 2.24) is 10.2 Å². The Bertz CT molecular complexity index is 868. The van der Waals surface area contributed by atoms with Crippen LogP contribution in [0, 0.1) is 6.92 Å². The van der Waals surface area contributed by atoms with Crippen molar-refractivity contribution in [1.29, 1.82) is 0 Å². The van der Waals surface area contributed by atoms with Crippen molar-refractivity contribution < 1.29 is 19.1 Å². The van der Waals surface area contributed by atoms with Gasteiger partial charge in [-0.05, 0) is 35.7 Å². The number of nitrogens with one attached hydrogen (secondary N) is 1. The third kappa shape index (κ3) is 4.73. The van der Waals surface area contributed by atoms with E-state index in [1.54, 1.807) is 11.9 Å². The summed E-state index contributed by atoms with van der Waals surface area (Å²) >= 11 is 0. The maximum Gasteiger partial charge on any atom is 0.312 e. The van der Waals surface area contributed by atoms with E-state index in [-0.39, 0.29) is 12.3 Å². The number of ether oxygens (including phenoxy) is 2. The topological polar surface area (TPSA) is 93.9 Å². The van der Waals surface area contributed by atoms with Gasteiger partial charge in [-0.3, -0.25) is 4.79 Å². The number of hydrogen-bond acceptors (Lipinski definition) is 4. The number of benzene rings is 2. The van der Waals surface area contributed by atoms with Gasteiger partial charge in [0.05, 0.1) is 12.5 Å². The van der Waals surface area contributed by atoms with Crippen molar-refractivity contribution in [3.05, 3.63) is 59.2 Å². The number of nitrogens with two attached hydrogens (primary N) is 1. The third-order valence-corrected chi connectivity index (χ3v) is 4.71. The van der Waals surface area contributed by atoms with E-state index >= 15 is 0 Å². The molecule has 7 heteroatoms. The molecule has 1 heterocycles. The molecule has 3 amide bonds. The zero-order chi connectivity index (χ0) is 20.1. The fourth-order valence-electron chi connectivity index (χ4n) is 3.27. The molecule has 1 atom stereocenters. The Balaban J connectivity index is 1.69. The molecule has 0 spiro atoms. The molecule has 1 aliphatic rings. The highest BCUT2D eigenvalue weighted by molar-refractivity contribution is 5.79. The Labute approximate surface area is 164 Å². The smallest absolute Gasteiger partial charge is 0.312 e. The highest BCUT2D eigenvalue weighted by atomic mass is 16.6. The van der Waals surface area contributed by atoms with Gasteiger partial charge < -0.3 is 25.4 Å². The molecule has 2 aromatic rings. The van der Waals surface area contributed by atoms with E-state index in [0.29, 0.717) is 31.3 Å². The zero-order valence-corrected chi connectivity index (χ0v) is 16.1. The van der Waals surface area contributed by atoms with Crippen molar-refractivity contribution in [3.63, 3.8) is 0 Å². The minimum atomic E-state index is -0.657. The summed E-state index contributed by atoms with van der Waals surface area (Å²) in [6.45, 7) is 3.42. The molecule has 0 aromatic heterocycles. The molecule has 3 rings (SSSR count). The second-order valence-corrected chi connectivity index (χ2v) is 6.85. The van der Waals surface area contributed by atoms with Crippen LogP contribution >= 0.6 is 0 Å². The van der Waals surface area contributed by atoms with Crippen LogP contribution in [-0.4, -0.2) is 37.1 Å². The number of carbonyl (C=O) groups excluding carboxylic acids is 2. The lowest BCUT2D eigenvalue weighted by Crippen LogP contribution is -2.37. The number of fused-ring (bicyclic) bond motifs is 1. The number of hydrogen-bond donors (Lipinski definition) is 2. The quantitative estimate of drug-likeness (QED) is 0.801. The fraction of sp³-hybridized carbons (Fsp3) is 0.333. The van der Waals surface area contributed by atoms with Gasteiger partial charge in [0.25, 0.3) is 0 Å². The van der Waals surface area contributed by atoms with Crippen molar-refractivity contribution in [3.8, 4) is 11.5 Å². The first-order valence-electron chi connectivity index (χ1n) is 9.18. The first kappa shape index (κ1) is 19.5. The lowest BCUT2D eigenvalue weighted by Gasteiger charge is -2.24. The summed E-state index contributed by atoms with van der Waals surface area (Å²) in [6, 6.07) is 12.1. The van der Waals surface area contributed by atoms with E-state index in [0.717, 1.165) is 16.7 Å². The number of primary amides is 1. The average molecular weight is 383 g/mol. The lowest BCUT2D eigenvalue weighted by molar-refractivity contribution is -0.130. The monoisotopic (exact) mass is 383 g/mol.